The van der Waals surface area contributed by atoms with Crippen molar-refractivity contribution >= 4 is 11.0 Å². The van der Waals surface area contributed by atoms with Crippen LogP contribution in [0.3, 0.4) is 0 Å². The molecule has 1 aliphatic heterocycles. The summed E-state index contributed by atoms with van der Waals surface area (Å²) in [6.07, 6.45) is 5.43. The summed E-state index contributed by atoms with van der Waals surface area (Å²) in [6, 6.07) is 15.2. The van der Waals surface area contributed by atoms with Crippen molar-refractivity contribution in [1.82, 2.24) is 15.3 Å². The molecule has 0 bridgehead atoms. The van der Waals surface area contributed by atoms with Gasteiger partial charge in [0.15, 0.2) is 0 Å². The lowest BCUT2D eigenvalue weighted by molar-refractivity contribution is 0.0639. The number of H-pyrrole nitrogens is 1. The summed E-state index contributed by atoms with van der Waals surface area (Å²) in [5, 5.41) is 3.57. The molecule has 2 aromatic carbocycles. The molecule has 1 aliphatic rings. The van der Waals surface area contributed by atoms with E-state index in [2.05, 4.69) is 57.7 Å². The van der Waals surface area contributed by atoms with E-state index < -0.39 is 0 Å². The van der Waals surface area contributed by atoms with Gasteiger partial charge in [-0.25, -0.2) is 4.98 Å². The van der Waals surface area contributed by atoms with Crippen LogP contribution in [0.4, 0.5) is 0 Å². The molecule has 4 rings (SSSR count). The fourth-order valence-electron chi connectivity index (χ4n) is 3.50. The Hall–Kier alpha value is -2.17. The molecule has 3 aromatic rings. The van der Waals surface area contributed by atoms with Gasteiger partial charge in [-0.05, 0) is 60.5 Å². The Morgan fingerprint density at radius 1 is 1.04 bits per heavy atom. The van der Waals surface area contributed by atoms with Gasteiger partial charge in [-0.15, -0.1) is 0 Å². The zero-order chi connectivity index (χ0) is 16.9. The molecule has 4 heteroatoms. The maximum atomic E-state index is 5.42. The lowest BCUT2D eigenvalue weighted by atomic mass is 9.97. The van der Waals surface area contributed by atoms with Gasteiger partial charge in [0, 0.05) is 19.8 Å². The van der Waals surface area contributed by atoms with Crippen molar-refractivity contribution in [3.8, 4) is 11.1 Å². The van der Waals surface area contributed by atoms with Crippen LogP contribution in [0.2, 0.25) is 0 Å². The molecular weight excluding hydrogens is 310 g/mol. The minimum absolute atomic E-state index is 0.834. The van der Waals surface area contributed by atoms with Crippen molar-refractivity contribution in [3.05, 3.63) is 54.4 Å². The van der Waals surface area contributed by atoms with Crippen molar-refractivity contribution in [2.45, 2.75) is 25.8 Å². The molecule has 130 valence electrons. The molecule has 4 nitrogen and oxygen atoms in total. The number of aromatic amines is 1. The molecule has 1 fully saturated rings. The van der Waals surface area contributed by atoms with E-state index in [9.17, 15) is 0 Å². The number of hydrogen-bond donors (Lipinski definition) is 2. The number of nitrogens with zero attached hydrogens (tertiary/aromatic N) is 1. The van der Waals surface area contributed by atoms with E-state index in [1.807, 2.05) is 0 Å². The van der Waals surface area contributed by atoms with Crippen molar-refractivity contribution in [1.29, 1.82) is 0 Å². The number of fused-ring (bicyclic) bond motifs is 1. The molecule has 0 amide bonds. The molecule has 0 unspecified atom stereocenters. The highest BCUT2D eigenvalue weighted by molar-refractivity contribution is 5.81. The van der Waals surface area contributed by atoms with Crippen molar-refractivity contribution in [2.75, 3.05) is 19.8 Å². The Morgan fingerprint density at radius 2 is 1.84 bits per heavy atom. The summed E-state index contributed by atoms with van der Waals surface area (Å²) in [6.45, 7) is 3.90. The highest BCUT2D eigenvalue weighted by Gasteiger charge is 2.12. The maximum Gasteiger partial charge on any atom is 0.0931 e. The predicted octanol–water partition coefficient (Wildman–Crippen LogP) is 4.14. The van der Waals surface area contributed by atoms with Crippen molar-refractivity contribution in [3.63, 3.8) is 0 Å². The van der Waals surface area contributed by atoms with Gasteiger partial charge in [-0.2, -0.15) is 0 Å². The lowest BCUT2D eigenvalue weighted by Gasteiger charge is -2.21. The first-order chi connectivity index (χ1) is 12.4. The molecule has 0 saturated carbocycles. The molecule has 1 aromatic heterocycles. The average molecular weight is 335 g/mol. The summed E-state index contributed by atoms with van der Waals surface area (Å²) in [4.78, 5) is 7.45. The summed E-state index contributed by atoms with van der Waals surface area (Å²) in [5.74, 6) is 0.834. The molecule has 0 radical (unpaired) electrons. The zero-order valence-electron chi connectivity index (χ0n) is 14.5. The number of benzene rings is 2. The summed E-state index contributed by atoms with van der Waals surface area (Å²) in [5.41, 5.74) is 5.88. The van der Waals surface area contributed by atoms with Crippen LogP contribution in [-0.2, 0) is 11.3 Å². The average Bonchev–Trinajstić information content (AvgIpc) is 3.14. The number of imidazole rings is 1. The number of hydrogen-bond acceptors (Lipinski definition) is 3. The van der Waals surface area contributed by atoms with Gasteiger partial charge >= 0.3 is 0 Å². The summed E-state index contributed by atoms with van der Waals surface area (Å²) >= 11 is 0. The predicted molar refractivity (Wildman–Crippen MR) is 101 cm³/mol. The molecule has 2 heterocycles. The third-order valence-electron chi connectivity index (χ3n) is 5.11. The highest BCUT2D eigenvalue weighted by atomic mass is 16.5. The molecular formula is C21H25N3O. The fraction of sp³-hybridized carbons (Fsp3) is 0.381. The fourth-order valence-corrected chi connectivity index (χ4v) is 3.50. The molecule has 0 aliphatic carbocycles. The largest absolute Gasteiger partial charge is 0.381 e. The van der Waals surface area contributed by atoms with Crippen LogP contribution in [0.5, 0.6) is 0 Å². The molecule has 0 atom stereocenters. The monoisotopic (exact) mass is 335 g/mol. The van der Waals surface area contributed by atoms with Crippen LogP contribution in [-0.4, -0.2) is 29.7 Å². The smallest absolute Gasteiger partial charge is 0.0931 e. The first-order valence-electron chi connectivity index (χ1n) is 9.19. The Kier molecular flexibility index (Phi) is 5.09. The van der Waals surface area contributed by atoms with Gasteiger partial charge in [0.25, 0.3) is 0 Å². The second kappa shape index (κ2) is 7.81. The molecule has 0 spiro atoms. The number of ether oxygens (including phenoxy) is 1. The van der Waals surface area contributed by atoms with E-state index >= 15 is 0 Å². The standard InChI is InChI=1S/C21H25N3O/c1-3-18(19-5-6-20-21(13-19)24-15-23-20)4-2-17(1)14-22-10-7-16-8-11-25-12-9-16/h1-6,13,15-16,22H,7-12,14H2,(H,23,24). The van der Waals surface area contributed by atoms with Gasteiger partial charge in [-0.1, -0.05) is 30.3 Å². The second-order valence-electron chi connectivity index (χ2n) is 6.85. The third-order valence-corrected chi connectivity index (χ3v) is 5.11. The van der Waals surface area contributed by atoms with Gasteiger partial charge in [0.1, 0.15) is 0 Å². The highest BCUT2D eigenvalue weighted by Crippen LogP contribution is 2.23. The van der Waals surface area contributed by atoms with Crippen molar-refractivity contribution < 1.29 is 4.74 Å². The third kappa shape index (κ3) is 4.09. The Balaban J connectivity index is 1.30. The minimum Gasteiger partial charge on any atom is -0.381 e. The van der Waals surface area contributed by atoms with Crippen LogP contribution < -0.4 is 5.32 Å². The maximum absolute atomic E-state index is 5.42. The lowest BCUT2D eigenvalue weighted by Crippen LogP contribution is -2.22. The Bertz CT molecular complexity index is 803. The number of rotatable bonds is 6. The van der Waals surface area contributed by atoms with Crippen molar-refractivity contribution in [2.24, 2.45) is 5.92 Å². The van der Waals surface area contributed by atoms with Gasteiger partial charge < -0.3 is 15.0 Å². The van der Waals surface area contributed by atoms with E-state index in [1.165, 1.54) is 36.0 Å². The topological polar surface area (TPSA) is 49.9 Å². The van der Waals surface area contributed by atoms with Gasteiger partial charge in [0.2, 0.25) is 0 Å². The van der Waals surface area contributed by atoms with E-state index in [0.717, 1.165) is 43.3 Å². The van der Waals surface area contributed by atoms with Crippen LogP contribution in [0.15, 0.2) is 48.8 Å². The summed E-state index contributed by atoms with van der Waals surface area (Å²) in [7, 11) is 0. The number of aromatic nitrogens is 2. The van der Waals surface area contributed by atoms with Crippen LogP contribution in [0, 0.1) is 5.92 Å². The van der Waals surface area contributed by atoms with Gasteiger partial charge in [0.05, 0.1) is 17.4 Å². The summed E-state index contributed by atoms with van der Waals surface area (Å²) < 4.78 is 5.42. The first-order valence-corrected chi connectivity index (χ1v) is 9.19. The number of nitrogens with one attached hydrogen (secondary N) is 2. The first kappa shape index (κ1) is 16.3. The van der Waals surface area contributed by atoms with Crippen LogP contribution >= 0.6 is 0 Å². The molecule has 1 saturated heterocycles. The van der Waals surface area contributed by atoms with Crippen LogP contribution in [0.25, 0.3) is 22.2 Å². The SMILES string of the molecule is c1nc2ccc(-c3ccc(CNCCC4CCOCC4)cc3)cc2[nH]1. The van der Waals surface area contributed by atoms with E-state index in [4.69, 9.17) is 4.74 Å². The zero-order valence-corrected chi connectivity index (χ0v) is 14.5. The molecule has 2 N–H and O–H groups in total. The Morgan fingerprint density at radius 3 is 2.68 bits per heavy atom. The van der Waals surface area contributed by atoms with Gasteiger partial charge in [-0.3, -0.25) is 0 Å². The van der Waals surface area contributed by atoms with E-state index in [0.29, 0.717) is 0 Å². The Labute approximate surface area is 148 Å². The minimum atomic E-state index is 0.834. The normalized spacial score (nSPS) is 15.7. The van der Waals surface area contributed by atoms with E-state index in [-0.39, 0.29) is 0 Å². The van der Waals surface area contributed by atoms with Crippen LogP contribution in [0.1, 0.15) is 24.8 Å². The van der Waals surface area contributed by atoms with E-state index in [1.54, 1.807) is 6.33 Å². The quantitative estimate of drug-likeness (QED) is 0.666. The molecule has 25 heavy (non-hydrogen) atoms. The second-order valence-corrected chi connectivity index (χ2v) is 6.85.